The Balaban J connectivity index is 1.92. The third-order valence-corrected chi connectivity index (χ3v) is 7.33. The van der Waals surface area contributed by atoms with E-state index >= 15 is 0 Å². The van der Waals surface area contributed by atoms with Gasteiger partial charge < -0.3 is 9.84 Å². The summed E-state index contributed by atoms with van der Waals surface area (Å²) in [5.41, 5.74) is 3.25. The number of thiazole rings is 1. The van der Waals surface area contributed by atoms with Crippen LogP contribution in [0.3, 0.4) is 0 Å². The molecule has 1 aromatic heterocycles. The lowest BCUT2D eigenvalue weighted by Gasteiger charge is -2.23. The van der Waals surface area contributed by atoms with E-state index in [1.54, 1.807) is 37.3 Å². The van der Waals surface area contributed by atoms with Crippen LogP contribution in [-0.4, -0.2) is 34.2 Å². The standard InChI is InChI=1S/C28H28N2O5S/c1-6-13-35-20-11-9-19(10-12-20)23-22(24(32)21-14-15(2)7-8-16(21)3)25(33)27(34)30(23)28-29-17(4)26(36-28)18(5)31/h7-12,14,23,32H,6,13H2,1-5H3/b24-22+. The number of ketones is 2. The molecular weight excluding hydrogens is 476 g/mol. The number of aromatic nitrogens is 1. The first-order valence-electron chi connectivity index (χ1n) is 11.7. The average molecular weight is 505 g/mol. The Morgan fingerprint density at radius 2 is 1.81 bits per heavy atom. The summed E-state index contributed by atoms with van der Waals surface area (Å²) in [4.78, 5) is 45.0. The van der Waals surface area contributed by atoms with Crippen molar-refractivity contribution < 1.29 is 24.2 Å². The average Bonchev–Trinajstić information content (AvgIpc) is 3.36. The largest absolute Gasteiger partial charge is 0.507 e. The zero-order chi connectivity index (χ0) is 26.1. The minimum atomic E-state index is -0.921. The van der Waals surface area contributed by atoms with Crippen molar-refractivity contribution in [2.75, 3.05) is 11.5 Å². The molecule has 2 aromatic carbocycles. The van der Waals surface area contributed by atoms with Crippen molar-refractivity contribution in [1.29, 1.82) is 0 Å². The van der Waals surface area contributed by atoms with Crippen LogP contribution in [0.4, 0.5) is 5.13 Å². The summed E-state index contributed by atoms with van der Waals surface area (Å²) >= 11 is 1.06. The Morgan fingerprint density at radius 3 is 2.42 bits per heavy atom. The van der Waals surface area contributed by atoms with Gasteiger partial charge in [0.1, 0.15) is 11.5 Å². The third-order valence-electron chi connectivity index (χ3n) is 6.07. The fourth-order valence-electron chi connectivity index (χ4n) is 4.26. The number of anilines is 1. The van der Waals surface area contributed by atoms with Crippen LogP contribution in [-0.2, 0) is 9.59 Å². The first-order valence-corrected chi connectivity index (χ1v) is 12.6. The monoisotopic (exact) mass is 504 g/mol. The zero-order valence-electron chi connectivity index (χ0n) is 20.9. The van der Waals surface area contributed by atoms with E-state index in [1.807, 2.05) is 32.9 Å². The first-order chi connectivity index (χ1) is 17.1. The number of aryl methyl sites for hydroxylation is 3. The highest BCUT2D eigenvalue weighted by molar-refractivity contribution is 7.18. The maximum absolute atomic E-state index is 13.4. The third kappa shape index (κ3) is 4.56. The van der Waals surface area contributed by atoms with E-state index in [0.29, 0.717) is 34.1 Å². The highest BCUT2D eigenvalue weighted by Crippen LogP contribution is 2.44. The molecule has 0 saturated carbocycles. The van der Waals surface area contributed by atoms with E-state index in [4.69, 9.17) is 4.74 Å². The highest BCUT2D eigenvalue weighted by Gasteiger charge is 2.48. The van der Waals surface area contributed by atoms with Gasteiger partial charge in [0, 0.05) is 12.5 Å². The van der Waals surface area contributed by atoms with E-state index in [1.165, 1.54) is 11.8 Å². The molecule has 1 fully saturated rings. The van der Waals surface area contributed by atoms with Gasteiger partial charge in [0.2, 0.25) is 0 Å². The van der Waals surface area contributed by atoms with Crippen LogP contribution < -0.4 is 9.64 Å². The van der Waals surface area contributed by atoms with Gasteiger partial charge in [-0.3, -0.25) is 19.3 Å². The number of carbonyl (C=O) groups excluding carboxylic acids is 3. The quantitative estimate of drug-likeness (QED) is 0.192. The Kier molecular flexibility index (Phi) is 7.08. The molecule has 1 aliphatic heterocycles. The zero-order valence-corrected chi connectivity index (χ0v) is 21.7. The summed E-state index contributed by atoms with van der Waals surface area (Å²) in [7, 11) is 0. The van der Waals surface area contributed by atoms with Crippen molar-refractivity contribution in [2.24, 2.45) is 0 Å². The van der Waals surface area contributed by atoms with E-state index in [2.05, 4.69) is 4.98 Å². The molecule has 1 N–H and O–H groups in total. The number of aliphatic hydroxyl groups is 1. The number of nitrogens with zero attached hydrogens (tertiary/aromatic N) is 2. The Labute approximate surface area is 214 Å². The molecule has 7 nitrogen and oxygen atoms in total. The first kappa shape index (κ1) is 25.3. The van der Waals surface area contributed by atoms with E-state index in [0.717, 1.165) is 28.9 Å². The molecular formula is C28H28N2O5S. The van der Waals surface area contributed by atoms with Crippen LogP contribution in [0.5, 0.6) is 5.75 Å². The maximum Gasteiger partial charge on any atom is 0.301 e. The summed E-state index contributed by atoms with van der Waals surface area (Å²) in [6.45, 7) is 9.44. The highest BCUT2D eigenvalue weighted by atomic mass is 32.1. The molecule has 1 aliphatic rings. The summed E-state index contributed by atoms with van der Waals surface area (Å²) in [6.07, 6.45) is 0.861. The molecule has 186 valence electrons. The molecule has 0 spiro atoms. The normalized spacial score (nSPS) is 17.0. The second-order valence-corrected chi connectivity index (χ2v) is 9.85. The van der Waals surface area contributed by atoms with Gasteiger partial charge in [-0.15, -0.1) is 0 Å². The molecule has 0 aliphatic carbocycles. The molecule has 1 amide bonds. The van der Waals surface area contributed by atoms with Crippen LogP contribution in [0.2, 0.25) is 0 Å². The summed E-state index contributed by atoms with van der Waals surface area (Å²) in [5, 5.41) is 11.6. The molecule has 1 unspecified atom stereocenters. The van der Waals surface area contributed by atoms with Gasteiger partial charge in [0.25, 0.3) is 5.78 Å². The number of carbonyl (C=O) groups is 3. The maximum atomic E-state index is 13.4. The molecule has 36 heavy (non-hydrogen) atoms. The van der Waals surface area contributed by atoms with Crippen molar-refractivity contribution in [1.82, 2.24) is 4.98 Å². The number of hydrogen-bond donors (Lipinski definition) is 1. The van der Waals surface area contributed by atoms with E-state index in [-0.39, 0.29) is 22.2 Å². The number of Topliss-reactive ketones (excluding diaryl/α,β-unsaturated/α-hetero) is 2. The Morgan fingerprint density at radius 1 is 1.11 bits per heavy atom. The molecule has 4 rings (SSSR count). The number of aliphatic hydroxyl groups excluding tert-OH is 1. The predicted molar refractivity (Wildman–Crippen MR) is 140 cm³/mol. The lowest BCUT2D eigenvalue weighted by Crippen LogP contribution is -2.29. The molecule has 0 radical (unpaired) electrons. The summed E-state index contributed by atoms with van der Waals surface area (Å²) in [6, 6.07) is 11.7. The van der Waals surface area contributed by atoms with Crippen LogP contribution in [0, 0.1) is 20.8 Å². The van der Waals surface area contributed by atoms with Crippen molar-refractivity contribution in [2.45, 2.75) is 47.1 Å². The topological polar surface area (TPSA) is 96.8 Å². The van der Waals surface area contributed by atoms with Gasteiger partial charge in [-0.05, 0) is 56.5 Å². The molecule has 8 heteroatoms. The van der Waals surface area contributed by atoms with Crippen molar-refractivity contribution in [3.8, 4) is 5.75 Å². The van der Waals surface area contributed by atoms with Gasteiger partial charge in [-0.25, -0.2) is 4.98 Å². The SMILES string of the molecule is CCCOc1ccc(C2/C(=C(\O)c3cc(C)ccc3C)C(=O)C(=O)N2c2nc(C)c(C(C)=O)s2)cc1. The molecule has 0 bridgehead atoms. The van der Waals surface area contributed by atoms with Gasteiger partial charge in [-0.2, -0.15) is 0 Å². The van der Waals surface area contributed by atoms with Crippen LogP contribution in [0.1, 0.15) is 63.9 Å². The predicted octanol–water partition coefficient (Wildman–Crippen LogP) is 5.69. The molecule has 1 atom stereocenters. The fourth-order valence-corrected chi connectivity index (χ4v) is 5.25. The lowest BCUT2D eigenvalue weighted by molar-refractivity contribution is -0.132. The van der Waals surface area contributed by atoms with Crippen LogP contribution >= 0.6 is 11.3 Å². The second-order valence-electron chi connectivity index (χ2n) is 8.87. The number of benzene rings is 2. The van der Waals surface area contributed by atoms with Crippen molar-refractivity contribution >= 4 is 39.7 Å². The lowest BCUT2D eigenvalue weighted by atomic mass is 9.93. The van der Waals surface area contributed by atoms with Crippen LogP contribution in [0.15, 0.2) is 48.0 Å². The van der Waals surface area contributed by atoms with E-state index in [9.17, 15) is 19.5 Å². The number of amides is 1. The van der Waals surface area contributed by atoms with Gasteiger partial charge in [0.05, 0.1) is 28.8 Å². The van der Waals surface area contributed by atoms with Crippen molar-refractivity contribution in [3.63, 3.8) is 0 Å². The summed E-state index contributed by atoms with van der Waals surface area (Å²) < 4.78 is 5.69. The van der Waals surface area contributed by atoms with Gasteiger partial charge in [0.15, 0.2) is 10.9 Å². The van der Waals surface area contributed by atoms with Gasteiger partial charge in [-0.1, -0.05) is 48.1 Å². The second kappa shape index (κ2) is 10.1. The molecule has 2 heterocycles. The van der Waals surface area contributed by atoms with Crippen molar-refractivity contribution in [3.05, 3.63) is 80.9 Å². The molecule has 1 saturated heterocycles. The smallest absolute Gasteiger partial charge is 0.301 e. The Hall–Kier alpha value is -3.78. The minimum Gasteiger partial charge on any atom is -0.507 e. The van der Waals surface area contributed by atoms with E-state index < -0.39 is 17.7 Å². The molecule has 3 aromatic rings. The number of ether oxygens (including phenoxy) is 1. The van der Waals surface area contributed by atoms with Crippen LogP contribution in [0.25, 0.3) is 5.76 Å². The number of hydrogen-bond acceptors (Lipinski definition) is 7. The Bertz CT molecular complexity index is 1390. The minimum absolute atomic E-state index is 0.0202. The van der Waals surface area contributed by atoms with Gasteiger partial charge >= 0.3 is 5.91 Å². The summed E-state index contributed by atoms with van der Waals surface area (Å²) in [5.74, 6) is -1.36. The number of rotatable bonds is 7. The fraction of sp³-hybridized carbons (Fsp3) is 0.286.